The summed E-state index contributed by atoms with van der Waals surface area (Å²) in [5.41, 5.74) is 0.666. The average Bonchev–Trinajstić information content (AvgIpc) is 2.77. The Morgan fingerprint density at radius 1 is 0.923 bits per heavy atom. The molecule has 1 aliphatic heterocycles. The van der Waals surface area contributed by atoms with E-state index in [1.165, 1.54) is 44.2 Å². The van der Waals surface area contributed by atoms with E-state index in [4.69, 9.17) is 14.0 Å². The van der Waals surface area contributed by atoms with Gasteiger partial charge in [-0.1, -0.05) is 45.1 Å². The second-order valence-corrected chi connectivity index (χ2v) is 8.30. The van der Waals surface area contributed by atoms with Crippen molar-refractivity contribution >= 4 is 12.6 Å². The molecular formula is C21H34BFO3. The number of unbranched alkanes of at least 4 members (excludes halogenated alkanes) is 5. The van der Waals surface area contributed by atoms with Crippen LogP contribution in [0.15, 0.2) is 18.2 Å². The number of rotatable bonds is 10. The van der Waals surface area contributed by atoms with Gasteiger partial charge in [-0.15, -0.1) is 0 Å². The van der Waals surface area contributed by atoms with E-state index in [9.17, 15) is 4.39 Å². The minimum absolute atomic E-state index is 0.282. The molecule has 1 fully saturated rings. The molecule has 0 spiro atoms. The molecule has 0 radical (unpaired) electrons. The molecule has 0 aromatic heterocycles. The van der Waals surface area contributed by atoms with Crippen molar-refractivity contribution in [3.05, 3.63) is 29.6 Å². The summed E-state index contributed by atoms with van der Waals surface area (Å²) in [6.07, 6.45) is 7.40. The van der Waals surface area contributed by atoms with Crippen molar-refractivity contribution in [3.8, 4) is 0 Å². The maximum atomic E-state index is 14.0. The van der Waals surface area contributed by atoms with Crippen molar-refractivity contribution in [3.63, 3.8) is 0 Å². The number of ether oxygens (including phenoxy) is 1. The van der Waals surface area contributed by atoms with Gasteiger partial charge < -0.3 is 14.0 Å². The third-order valence-corrected chi connectivity index (χ3v) is 5.42. The van der Waals surface area contributed by atoms with E-state index >= 15 is 0 Å². The molecule has 26 heavy (non-hydrogen) atoms. The minimum atomic E-state index is -0.548. The summed E-state index contributed by atoms with van der Waals surface area (Å²) in [7, 11) is -0.548. The molecule has 0 aliphatic carbocycles. The number of halogens is 1. The quantitative estimate of drug-likeness (QED) is 0.432. The smallest absolute Gasteiger partial charge is 0.399 e. The Kier molecular flexibility index (Phi) is 7.69. The van der Waals surface area contributed by atoms with Gasteiger partial charge in [0.15, 0.2) is 0 Å². The normalized spacial score (nSPS) is 18.5. The summed E-state index contributed by atoms with van der Waals surface area (Å²) in [4.78, 5) is 0. The van der Waals surface area contributed by atoms with Gasteiger partial charge in [-0.3, -0.25) is 0 Å². The van der Waals surface area contributed by atoms with Gasteiger partial charge in [0, 0.05) is 6.61 Å². The van der Waals surface area contributed by atoms with Crippen LogP contribution >= 0.6 is 0 Å². The molecule has 2 rings (SSSR count). The van der Waals surface area contributed by atoms with Crippen LogP contribution in [0, 0.1) is 5.82 Å². The molecule has 0 bridgehead atoms. The zero-order valence-corrected chi connectivity index (χ0v) is 17.1. The van der Waals surface area contributed by atoms with Crippen LogP contribution in [0.25, 0.3) is 0 Å². The molecular weight excluding hydrogens is 330 g/mol. The molecule has 1 heterocycles. The predicted molar refractivity (Wildman–Crippen MR) is 105 cm³/mol. The van der Waals surface area contributed by atoms with E-state index < -0.39 is 18.3 Å². The average molecular weight is 364 g/mol. The van der Waals surface area contributed by atoms with Gasteiger partial charge in [0.2, 0.25) is 0 Å². The van der Waals surface area contributed by atoms with E-state index in [-0.39, 0.29) is 5.82 Å². The number of hydrogen-bond donors (Lipinski definition) is 0. The summed E-state index contributed by atoms with van der Waals surface area (Å²) in [6.45, 7) is 11.3. The fraction of sp³-hybridized carbons (Fsp3) is 0.714. The Bertz CT molecular complexity index is 558. The van der Waals surface area contributed by atoms with Crippen molar-refractivity contribution in [2.24, 2.45) is 0 Å². The lowest BCUT2D eigenvalue weighted by atomic mass is 9.78. The van der Waals surface area contributed by atoms with Crippen molar-refractivity contribution in [2.75, 3.05) is 6.61 Å². The lowest BCUT2D eigenvalue weighted by molar-refractivity contribution is 0.00578. The van der Waals surface area contributed by atoms with Crippen molar-refractivity contribution in [1.82, 2.24) is 0 Å². The third kappa shape index (κ3) is 5.80. The fourth-order valence-corrected chi connectivity index (χ4v) is 3.05. The first-order valence-electron chi connectivity index (χ1n) is 9.98. The highest BCUT2D eigenvalue weighted by atomic mass is 19.1. The van der Waals surface area contributed by atoms with Crippen LogP contribution in [0.3, 0.4) is 0 Å². The van der Waals surface area contributed by atoms with E-state index in [0.717, 1.165) is 12.0 Å². The second-order valence-electron chi connectivity index (χ2n) is 8.30. The zero-order chi connectivity index (χ0) is 19.2. The SMILES string of the molecule is CCCCCCCCOCc1cc(F)cc(B2OC(C)(C)C(C)(C)O2)c1. The van der Waals surface area contributed by atoms with Crippen LogP contribution in [0.4, 0.5) is 4.39 Å². The Morgan fingerprint density at radius 2 is 1.54 bits per heavy atom. The Hall–Kier alpha value is -0.905. The summed E-state index contributed by atoms with van der Waals surface area (Å²) in [5, 5.41) is 0. The largest absolute Gasteiger partial charge is 0.494 e. The summed E-state index contributed by atoms with van der Waals surface area (Å²) in [6, 6.07) is 4.93. The molecule has 0 N–H and O–H groups in total. The molecule has 5 heteroatoms. The lowest BCUT2D eigenvalue weighted by Crippen LogP contribution is -2.41. The molecule has 1 aromatic rings. The standard InChI is InChI=1S/C21H34BFO3/c1-6-7-8-9-10-11-12-24-16-17-13-18(15-19(23)14-17)22-25-20(2,3)21(4,5)26-22/h13-15H,6-12,16H2,1-5H3. The first-order valence-corrected chi connectivity index (χ1v) is 9.98. The van der Waals surface area contributed by atoms with Crippen molar-refractivity contribution < 1.29 is 18.4 Å². The van der Waals surface area contributed by atoms with Gasteiger partial charge in [-0.2, -0.15) is 0 Å². The van der Waals surface area contributed by atoms with Crippen LogP contribution < -0.4 is 5.46 Å². The van der Waals surface area contributed by atoms with Gasteiger partial charge in [0.05, 0.1) is 17.8 Å². The maximum absolute atomic E-state index is 14.0. The van der Waals surface area contributed by atoms with Crippen LogP contribution in [0.2, 0.25) is 0 Å². The summed E-state index contributed by atoms with van der Waals surface area (Å²) >= 11 is 0. The number of hydrogen-bond acceptors (Lipinski definition) is 3. The topological polar surface area (TPSA) is 27.7 Å². The highest BCUT2D eigenvalue weighted by Gasteiger charge is 2.51. The monoisotopic (exact) mass is 364 g/mol. The molecule has 0 saturated carbocycles. The molecule has 0 unspecified atom stereocenters. The van der Waals surface area contributed by atoms with E-state index in [1.807, 2.05) is 33.8 Å². The molecule has 0 atom stereocenters. The first kappa shape index (κ1) is 21.4. The van der Waals surface area contributed by atoms with Gasteiger partial charge in [-0.05, 0) is 57.3 Å². The summed E-state index contributed by atoms with van der Waals surface area (Å²) < 4.78 is 31.8. The number of benzene rings is 1. The molecule has 3 nitrogen and oxygen atoms in total. The fourth-order valence-electron chi connectivity index (χ4n) is 3.05. The van der Waals surface area contributed by atoms with E-state index in [1.54, 1.807) is 0 Å². The van der Waals surface area contributed by atoms with Crippen LogP contribution in [-0.2, 0) is 20.7 Å². The third-order valence-electron chi connectivity index (χ3n) is 5.42. The van der Waals surface area contributed by atoms with Gasteiger partial charge in [0.1, 0.15) is 5.82 Å². The zero-order valence-electron chi connectivity index (χ0n) is 17.1. The van der Waals surface area contributed by atoms with Crippen molar-refractivity contribution in [1.29, 1.82) is 0 Å². The van der Waals surface area contributed by atoms with Crippen LogP contribution in [0.1, 0.15) is 78.7 Å². The predicted octanol–water partition coefficient (Wildman–Crippen LogP) is 5.00. The van der Waals surface area contributed by atoms with Gasteiger partial charge in [0.25, 0.3) is 0 Å². The first-order chi connectivity index (χ1) is 12.2. The highest BCUT2D eigenvalue weighted by molar-refractivity contribution is 6.62. The van der Waals surface area contributed by atoms with Gasteiger partial charge in [-0.25, -0.2) is 4.39 Å². The Morgan fingerprint density at radius 3 is 2.19 bits per heavy atom. The van der Waals surface area contributed by atoms with Gasteiger partial charge >= 0.3 is 7.12 Å². The minimum Gasteiger partial charge on any atom is -0.399 e. The molecule has 1 aromatic carbocycles. The molecule has 0 amide bonds. The Labute approximate surface area is 158 Å². The van der Waals surface area contributed by atoms with E-state index in [2.05, 4.69) is 6.92 Å². The Balaban J connectivity index is 1.84. The summed E-state index contributed by atoms with van der Waals surface area (Å²) in [5.74, 6) is -0.282. The molecule has 146 valence electrons. The highest BCUT2D eigenvalue weighted by Crippen LogP contribution is 2.36. The van der Waals surface area contributed by atoms with Crippen LogP contribution in [-0.4, -0.2) is 24.9 Å². The second kappa shape index (κ2) is 9.34. The van der Waals surface area contributed by atoms with E-state index in [0.29, 0.717) is 18.7 Å². The van der Waals surface area contributed by atoms with Crippen molar-refractivity contribution in [2.45, 2.75) is 91.0 Å². The maximum Gasteiger partial charge on any atom is 0.494 e. The molecule has 1 saturated heterocycles. The van der Waals surface area contributed by atoms with Crippen LogP contribution in [0.5, 0.6) is 0 Å². The molecule has 1 aliphatic rings. The lowest BCUT2D eigenvalue weighted by Gasteiger charge is -2.32.